The van der Waals surface area contributed by atoms with E-state index in [4.69, 9.17) is 9.47 Å². The van der Waals surface area contributed by atoms with Crippen molar-refractivity contribution >= 4 is 28.5 Å². The van der Waals surface area contributed by atoms with Crippen molar-refractivity contribution in [3.05, 3.63) is 69.8 Å². The topological polar surface area (TPSA) is 105 Å². The minimum Gasteiger partial charge on any atom is -0.465 e. The first-order valence-electron chi connectivity index (χ1n) is 10.7. The van der Waals surface area contributed by atoms with E-state index in [9.17, 15) is 14.4 Å². The number of H-pyrrole nitrogens is 1. The van der Waals surface area contributed by atoms with Crippen LogP contribution in [0.25, 0.3) is 10.9 Å². The Balaban J connectivity index is 1.47. The first-order valence-corrected chi connectivity index (χ1v) is 10.7. The van der Waals surface area contributed by atoms with Crippen LogP contribution in [0.4, 0.5) is 5.69 Å². The Labute approximate surface area is 190 Å². The number of fused-ring (bicyclic) bond motifs is 1. The maximum absolute atomic E-state index is 12.5. The number of piperazine rings is 1. The number of methoxy groups -OCH3 is 2. The van der Waals surface area contributed by atoms with Crippen molar-refractivity contribution in [1.82, 2.24) is 14.9 Å². The van der Waals surface area contributed by atoms with Gasteiger partial charge in [0.1, 0.15) is 5.82 Å². The molecule has 0 bridgehead atoms. The van der Waals surface area contributed by atoms with Crippen molar-refractivity contribution in [3.8, 4) is 0 Å². The van der Waals surface area contributed by atoms with E-state index in [2.05, 4.69) is 26.7 Å². The van der Waals surface area contributed by atoms with Crippen molar-refractivity contribution in [2.45, 2.75) is 19.5 Å². The summed E-state index contributed by atoms with van der Waals surface area (Å²) in [6.45, 7) is 4.99. The van der Waals surface area contributed by atoms with E-state index in [-0.39, 0.29) is 17.6 Å². The molecule has 0 radical (unpaired) electrons. The summed E-state index contributed by atoms with van der Waals surface area (Å²) in [6, 6.07) is 12.3. The lowest BCUT2D eigenvalue weighted by atomic mass is 10.1. The van der Waals surface area contributed by atoms with E-state index < -0.39 is 5.97 Å². The smallest absolute Gasteiger partial charge is 0.337 e. The van der Waals surface area contributed by atoms with Crippen LogP contribution in [0.1, 0.15) is 33.5 Å². The van der Waals surface area contributed by atoms with Crippen molar-refractivity contribution < 1.29 is 19.1 Å². The van der Waals surface area contributed by atoms with Gasteiger partial charge in [0.05, 0.1) is 42.8 Å². The second kappa shape index (κ2) is 9.41. The zero-order valence-corrected chi connectivity index (χ0v) is 18.8. The molecule has 1 unspecified atom stereocenters. The van der Waals surface area contributed by atoms with Gasteiger partial charge in [0, 0.05) is 31.4 Å². The molecule has 9 nitrogen and oxygen atoms in total. The summed E-state index contributed by atoms with van der Waals surface area (Å²) in [7, 11) is 2.69. The quantitative estimate of drug-likeness (QED) is 0.590. The van der Waals surface area contributed by atoms with Crippen LogP contribution in [0.3, 0.4) is 0 Å². The first kappa shape index (κ1) is 22.5. The number of anilines is 1. The Morgan fingerprint density at radius 1 is 1.03 bits per heavy atom. The van der Waals surface area contributed by atoms with Gasteiger partial charge in [-0.2, -0.15) is 0 Å². The molecule has 4 rings (SSSR count). The van der Waals surface area contributed by atoms with Crippen LogP contribution in [-0.2, 0) is 16.0 Å². The van der Waals surface area contributed by atoms with Crippen LogP contribution < -0.4 is 10.5 Å². The van der Waals surface area contributed by atoms with Gasteiger partial charge in [-0.05, 0) is 49.4 Å². The molecule has 3 aromatic rings. The highest BCUT2D eigenvalue weighted by molar-refractivity contribution is 5.94. The van der Waals surface area contributed by atoms with Gasteiger partial charge >= 0.3 is 11.9 Å². The molecule has 1 saturated heterocycles. The summed E-state index contributed by atoms with van der Waals surface area (Å²) in [5.41, 5.74) is 2.16. The third-order valence-electron chi connectivity index (χ3n) is 5.95. The van der Waals surface area contributed by atoms with Crippen LogP contribution in [-0.4, -0.2) is 66.7 Å². The Hall–Kier alpha value is -3.72. The number of carbonyl (C=O) groups excluding carboxylic acids is 2. The minimum absolute atomic E-state index is 0.210. The molecule has 1 aliphatic heterocycles. The van der Waals surface area contributed by atoms with Crippen LogP contribution >= 0.6 is 0 Å². The summed E-state index contributed by atoms with van der Waals surface area (Å²) < 4.78 is 9.52. The molecule has 0 saturated carbocycles. The third kappa shape index (κ3) is 4.73. The molecular weight excluding hydrogens is 424 g/mol. The average molecular weight is 450 g/mol. The van der Waals surface area contributed by atoms with Gasteiger partial charge in [-0.25, -0.2) is 14.6 Å². The van der Waals surface area contributed by atoms with Crippen molar-refractivity contribution in [3.63, 3.8) is 0 Å². The molecule has 33 heavy (non-hydrogen) atoms. The molecular formula is C24H26N4O5. The van der Waals surface area contributed by atoms with Gasteiger partial charge in [0.15, 0.2) is 0 Å². The minimum atomic E-state index is -0.468. The number of aromatic amines is 1. The largest absolute Gasteiger partial charge is 0.465 e. The van der Waals surface area contributed by atoms with E-state index in [1.54, 1.807) is 30.3 Å². The number of hydrogen-bond acceptors (Lipinski definition) is 8. The summed E-state index contributed by atoms with van der Waals surface area (Å²) in [5, 5.41) is 0.430. The highest BCUT2D eigenvalue weighted by Gasteiger charge is 2.25. The molecule has 172 valence electrons. The molecule has 0 amide bonds. The second-order valence-electron chi connectivity index (χ2n) is 8.04. The zero-order valence-electron chi connectivity index (χ0n) is 18.8. The number of esters is 2. The summed E-state index contributed by atoms with van der Waals surface area (Å²) in [6.07, 6.45) is 0. The second-order valence-corrected chi connectivity index (χ2v) is 8.04. The third-order valence-corrected chi connectivity index (χ3v) is 5.95. The van der Waals surface area contributed by atoms with E-state index in [1.807, 2.05) is 12.1 Å². The molecule has 2 heterocycles. The van der Waals surface area contributed by atoms with E-state index in [0.717, 1.165) is 25.3 Å². The van der Waals surface area contributed by atoms with Gasteiger partial charge in [0.25, 0.3) is 5.56 Å². The molecule has 0 aliphatic carbocycles. The number of carbonyl (C=O) groups is 2. The lowest BCUT2D eigenvalue weighted by molar-refractivity contribution is 0.0592. The molecule has 1 N–H and O–H groups in total. The van der Waals surface area contributed by atoms with Gasteiger partial charge < -0.3 is 19.4 Å². The monoisotopic (exact) mass is 450 g/mol. The number of rotatable bonds is 5. The van der Waals surface area contributed by atoms with Gasteiger partial charge in [-0.1, -0.05) is 0 Å². The number of benzene rings is 2. The SMILES string of the molecule is COC(=O)c1ccc(N2CCN(Cc3nc4cc(C(=O)OC)ccc4c(=O)[nH]3)C(C)C2)cc1. The van der Waals surface area contributed by atoms with Gasteiger partial charge in [-0.3, -0.25) is 9.69 Å². The van der Waals surface area contributed by atoms with E-state index in [1.165, 1.54) is 14.2 Å². The number of nitrogens with one attached hydrogen (secondary N) is 1. The Morgan fingerprint density at radius 2 is 1.70 bits per heavy atom. The van der Waals surface area contributed by atoms with E-state index >= 15 is 0 Å². The lowest BCUT2D eigenvalue weighted by Gasteiger charge is -2.40. The van der Waals surface area contributed by atoms with Crippen molar-refractivity contribution in [2.24, 2.45) is 0 Å². The molecule has 1 aliphatic rings. The molecule has 2 aromatic carbocycles. The fraction of sp³-hybridized carbons (Fsp3) is 0.333. The summed E-state index contributed by atoms with van der Waals surface area (Å²) in [4.78, 5) is 48.0. The Kier molecular flexibility index (Phi) is 6.41. The molecule has 1 fully saturated rings. The Morgan fingerprint density at radius 3 is 2.36 bits per heavy atom. The number of aromatic nitrogens is 2. The lowest BCUT2D eigenvalue weighted by Crippen LogP contribution is -2.51. The maximum atomic E-state index is 12.5. The normalized spacial score (nSPS) is 16.6. The van der Waals surface area contributed by atoms with Crippen LogP contribution in [0.15, 0.2) is 47.3 Å². The predicted octanol–water partition coefficient (Wildman–Crippen LogP) is 2.21. The number of nitrogens with zero attached hydrogens (tertiary/aromatic N) is 3. The standard InChI is InChI=1S/C24H26N4O5/c1-15-13-28(18-7-4-16(5-8-18)23(30)32-2)11-10-27(15)14-21-25-20-12-17(24(31)33-3)6-9-19(20)22(29)26-21/h4-9,12,15H,10-11,13-14H2,1-3H3,(H,25,26,29). The highest BCUT2D eigenvalue weighted by atomic mass is 16.5. The fourth-order valence-electron chi connectivity index (χ4n) is 4.09. The van der Waals surface area contributed by atoms with Crippen LogP contribution in [0, 0.1) is 0 Å². The van der Waals surface area contributed by atoms with Crippen molar-refractivity contribution in [1.29, 1.82) is 0 Å². The highest BCUT2D eigenvalue weighted by Crippen LogP contribution is 2.21. The van der Waals surface area contributed by atoms with Gasteiger partial charge in [-0.15, -0.1) is 0 Å². The Bertz CT molecular complexity index is 1240. The van der Waals surface area contributed by atoms with Crippen molar-refractivity contribution in [2.75, 3.05) is 38.8 Å². The first-order chi connectivity index (χ1) is 15.9. The van der Waals surface area contributed by atoms with Crippen LogP contribution in [0.5, 0.6) is 0 Å². The molecule has 0 spiro atoms. The molecule has 1 aromatic heterocycles. The van der Waals surface area contributed by atoms with Gasteiger partial charge in [0.2, 0.25) is 0 Å². The predicted molar refractivity (Wildman–Crippen MR) is 124 cm³/mol. The van der Waals surface area contributed by atoms with E-state index in [0.29, 0.717) is 34.4 Å². The van der Waals surface area contributed by atoms with Crippen LogP contribution in [0.2, 0.25) is 0 Å². The summed E-state index contributed by atoms with van der Waals surface area (Å²) >= 11 is 0. The molecule has 1 atom stereocenters. The number of hydrogen-bond donors (Lipinski definition) is 1. The zero-order chi connectivity index (χ0) is 23.5. The fourth-order valence-corrected chi connectivity index (χ4v) is 4.09. The average Bonchev–Trinajstić information content (AvgIpc) is 2.84. The number of ether oxygens (including phenoxy) is 2. The molecule has 9 heteroatoms. The summed E-state index contributed by atoms with van der Waals surface area (Å²) in [5.74, 6) is -0.266. The maximum Gasteiger partial charge on any atom is 0.337 e.